The van der Waals surface area contributed by atoms with E-state index in [0.29, 0.717) is 13.2 Å². The molecule has 0 saturated carbocycles. The minimum Gasteiger partial charge on any atom is -0.445 e. The van der Waals surface area contributed by atoms with Crippen molar-refractivity contribution in [2.45, 2.75) is 50.8 Å². The zero-order valence-electron chi connectivity index (χ0n) is 23.5. The zero-order valence-corrected chi connectivity index (χ0v) is 23.5. The average Bonchev–Trinajstić information content (AvgIpc) is 3.18. The summed E-state index contributed by atoms with van der Waals surface area (Å²) in [6.45, 7) is 1.20. The third kappa shape index (κ3) is 8.50. The minimum absolute atomic E-state index is 0.0173. The molecule has 1 aliphatic heterocycles. The van der Waals surface area contributed by atoms with Gasteiger partial charge < -0.3 is 29.0 Å². The van der Waals surface area contributed by atoms with E-state index in [1.807, 2.05) is 121 Å². The van der Waals surface area contributed by atoms with Crippen LogP contribution in [0.5, 0.6) is 0 Å². The van der Waals surface area contributed by atoms with E-state index in [1.165, 1.54) is 4.90 Å². The molecule has 7 heteroatoms. The molecule has 0 aromatic heterocycles. The van der Waals surface area contributed by atoms with Gasteiger partial charge in [0.1, 0.15) is 31.0 Å². The molecule has 0 aliphatic carbocycles. The van der Waals surface area contributed by atoms with Crippen LogP contribution in [0.25, 0.3) is 0 Å². The van der Waals surface area contributed by atoms with Gasteiger partial charge in [-0.2, -0.15) is 0 Å². The highest BCUT2D eigenvalue weighted by Crippen LogP contribution is 2.25. The van der Waals surface area contributed by atoms with Gasteiger partial charge in [-0.1, -0.05) is 121 Å². The van der Waals surface area contributed by atoms with E-state index in [4.69, 9.17) is 18.9 Å². The van der Waals surface area contributed by atoms with Crippen molar-refractivity contribution < 1.29 is 28.8 Å². The second-order valence-electron chi connectivity index (χ2n) is 10.4. The summed E-state index contributed by atoms with van der Waals surface area (Å²) in [7, 11) is 0. The average molecular weight is 568 g/mol. The van der Waals surface area contributed by atoms with Gasteiger partial charge in [-0.05, 0) is 22.3 Å². The molecule has 42 heavy (non-hydrogen) atoms. The molecule has 4 aromatic carbocycles. The van der Waals surface area contributed by atoms with Crippen LogP contribution in [0, 0.1) is 0 Å². The number of nitrogens with zero attached hydrogens (tertiary/aromatic N) is 1. The van der Waals surface area contributed by atoms with Gasteiger partial charge in [0.05, 0.1) is 32.9 Å². The summed E-state index contributed by atoms with van der Waals surface area (Å²) in [5.41, 5.74) is 3.82. The van der Waals surface area contributed by atoms with Crippen molar-refractivity contribution in [3.8, 4) is 0 Å². The molecular formula is C35H37NO6. The molecule has 1 saturated heterocycles. The SMILES string of the molecule is O=C(OCc1ccccc1)N1C[C@@H](O)[C@@H](OCc2ccccc2)[C@H](OCc2ccccc2)[C@@H](OCc2ccccc2)C1. The molecule has 1 N–H and O–H groups in total. The third-order valence-corrected chi connectivity index (χ3v) is 7.22. The standard InChI is InChI=1S/C35H37NO6/c37-31-21-36(35(38)42-26-30-19-11-4-12-20-30)22-32(39-23-27-13-5-1-6-14-27)34(41-25-29-17-9-3-10-18-29)33(31)40-24-28-15-7-2-8-16-28/h1-20,31-34,37H,21-26H2/t31-,32+,33-,34-/m1/s1. The molecule has 0 radical (unpaired) electrons. The molecule has 0 bridgehead atoms. The molecular weight excluding hydrogens is 530 g/mol. The Morgan fingerprint density at radius 2 is 0.976 bits per heavy atom. The fraction of sp³-hybridized carbons (Fsp3) is 0.286. The third-order valence-electron chi connectivity index (χ3n) is 7.22. The highest BCUT2D eigenvalue weighted by molar-refractivity contribution is 5.67. The first-order chi connectivity index (χ1) is 20.7. The number of carbonyl (C=O) groups excluding carboxylic acids is 1. The maximum absolute atomic E-state index is 13.3. The zero-order chi connectivity index (χ0) is 29.0. The lowest BCUT2D eigenvalue weighted by Gasteiger charge is -2.33. The number of benzene rings is 4. The Morgan fingerprint density at radius 3 is 1.45 bits per heavy atom. The molecule has 0 spiro atoms. The largest absolute Gasteiger partial charge is 0.445 e. The van der Waals surface area contributed by atoms with Gasteiger partial charge in [0.2, 0.25) is 0 Å². The van der Waals surface area contributed by atoms with Crippen LogP contribution in [0.15, 0.2) is 121 Å². The van der Waals surface area contributed by atoms with Gasteiger partial charge in [0, 0.05) is 0 Å². The minimum atomic E-state index is -1.04. The highest BCUT2D eigenvalue weighted by atomic mass is 16.6. The van der Waals surface area contributed by atoms with Crippen molar-refractivity contribution in [3.63, 3.8) is 0 Å². The molecule has 4 atom stereocenters. The van der Waals surface area contributed by atoms with E-state index in [2.05, 4.69) is 0 Å². The number of aliphatic hydroxyl groups excluding tert-OH is 1. The van der Waals surface area contributed by atoms with Crippen LogP contribution in [0.1, 0.15) is 22.3 Å². The Hall–Kier alpha value is -4.01. The Bertz CT molecular complexity index is 1340. The summed E-state index contributed by atoms with van der Waals surface area (Å²) in [6.07, 6.45) is -3.60. The number of rotatable bonds is 11. The predicted molar refractivity (Wildman–Crippen MR) is 159 cm³/mol. The predicted octanol–water partition coefficient (Wildman–Crippen LogP) is 5.76. The van der Waals surface area contributed by atoms with Gasteiger partial charge in [-0.3, -0.25) is 0 Å². The lowest BCUT2D eigenvalue weighted by Crippen LogP contribution is -2.48. The fourth-order valence-electron chi connectivity index (χ4n) is 4.98. The molecule has 1 fully saturated rings. The number of β-amino-alcohol motifs (C(OH)–C–C–N with tert-alkyl or cyclic N) is 1. The van der Waals surface area contributed by atoms with E-state index in [9.17, 15) is 9.90 Å². The first kappa shape index (κ1) is 29.5. The van der Waals surface area contributed by atoms with Crippen molar-refractivity contribution in [1.29, 1.82) is 0 Å². The molecule has 1 aliphatic rings. The van der Waals surface area contributed by atoms with Crippen LogP contribution in [0.4, 0.5) is 4.79 Å². The maximum Gasteiger partial charge on any atom is 0.410 e. The second-order valence-corrected chi connectivity index (χ2v) is 10.4. The first-order valence-electron chi connectivity index (χ1n) is 14.3. The number of likely N-dealkylation sites (tertiary alicyclic amines) is 1. The van der Waals surface area contributed by atoms with Gasteiger partial charge in [-0.25, -0.2) is 4.79 Å². The first-order valence-corrected chi connectivity index (χ1v) is 14.3. The van der Waals surface area contributed by atoms with Crippen LogP contribution in [-0.4, -0.2) is 53.6 Å². The number of amides is 1. The van der Waals surface area contributed by atoms with Crippen LogP contribution in [0.3, 0.4) is 0 Å². The van der Waals surface area contributed by atoms with Gasteiger partial charge in [-0.15, -0.1) is 0 Å². The summed E-state index contributed by atoms with van der Waals surface area (Å²) in [6, 6.07) is 39.0. The van der Waals surface area contributed by atoms with Crippen molar-refractivity contribution >= 4 is 6.09 Å². The molecule has 0 unspecified atom stereocenters. The second kappa shape index (κ2) is 15.3. The lowest BCUT2D eigenvalue weighted by molar-refractivity contribution is -0.168. The van der Waals surface area contributed by atoms with E-state index in [0.717, 1.165) is 22.3 Å². The number of carbonyl (C=O) groups is 1. The lowest BCUT2D eigenvalue weighted by atomic mass is 10.0. The summed E-state index contributed by atoms with van der Waals surface area (Å²) in [5.74, 6) is 0. The quantitative estimate of drug-likeness (QED) is 0.249. The van der Waals surface area contributed by atoms with Crippen molar-refractivity contribution in [2.24, 2.45) is 0 Å². The fourth-order valence-corrected chi connectivity index (χ4v) is 4.98. The monoisotopic (exact) mass is 567 g/mol. The van der Waals surface area contributed by atoms with Crippen molar-refractivity contribution in [3.05, 3.63) is 144 Å². The van der Waals surface area contributed by atoms with Gasteiger partial charge in [0.25, 0.3) is 0 Å². The molecule has 4 aromatic rings. The van der Waals surface area contributed by atoms with Crippen LogP contribution >= 0.6 is 0 Å². The van der Waals surface area contributed by atoms with E-state index in [-0.39, 0.29) is 26.3 Å². The molecule has 1 amide bonds. The molecule has 218 valence electrons. The molecule has 7 nitrogen and oxygen atoms in total. The van der Waals surface area contributed by atoms with E-state index in [1.54, 1.807) is 0 Å². The topological polar surface area (TPSA) is 77.5 Å². The highest BCUT2D eigenvalue weighted by Gasteiger charge is 2.43. The summed E-state index contributed by atoms with van der Waals surface area (Å²) in [5, 5.41) is 11.5. The number of aliphatic hydroxyl groups is 1. The molecule has 1 heterocycles. The summed E-state index contributed by atoms with van der Waals surface area (Å²) in [4.78, 5) is 14.8. The van der Waals surface area contributed by atoms with Crippen molar-refractivity contribution in [1.82, 2.24) is 4.90 Å². The normalized spacial score (nSPS) is 20.5. The van der Waals surface area contributed by atoms with Gasteiger partial charge in [0.15, 0.2) is 0 Å². The number of hydrogen-bond acceptors (Lipinski definition) is 6. The van der Waals surface area contributed by atoms with Gasteiger partial charge >= 0.3 is 6.09 Å². The van der Waals surface area contributed by atoms with Crippen LogP contribution < -0.4 is 0 Å². The smallest absolute Gasteiger partial charge is 0.410 e. The Kier molecular flexibility index (Phi) is 10.7. The van der Waals surface area contributed by atoms with E-state index < -0.39 is 30.5 Å². The van der Waals surface area contributed by atoms with Crippen LogP contribution in [0.2, 0.25) is 0 Å². The van der Waals surface area contributed by atoms with E-state index >= 15 is 0 Å². The number of hydrogen-bond donors (Lipinski definition) is 1. The Balaban J connectivity index is 1.39. The molecule has 5 rings (SSSR count). The number of ether oxygens (including phenoxy) is 4. The summed E-state index contributed by atoms with van der Waals surface area (Å²) >= 11 is 0. The van der Waals surface area contributed by atoms with Crippen molar-refractivity contribution in [2.75, 3.05) is 13.1 Å². The Labute approximate surface area is 247 Å². The van der Waals surface area contributed by atoms with Crippen LogP contribution in [-0.2, 0) is 45.4 Å². The summed E-state index contributed by atoms with van der Waals surface area (Å²) < 4.78 is 25.0. The maximum atomic E-state index is 13.3. The Morgan fingerprint density at radius 1 is 0.571 bits per heavy atom.